The quantitative estimate of drug-likeness (QED) is 0.513. The van der Waals surface area contributed by atoms with Crippen LogP contribution in [0.3, 0.4) is 0 Å². The Labute approximate surface area is 178 Å². The zero-order valence-electron chi connectivity index (χ0n) is 16.4. The molecule has 0 aliphatic rings. The number of halogens is 6. The molecule has 0 saturated carbocycles. The van der Waals surface area contributed by atoms with E-state index in [1.165, 1.54) is 6.07 Å². The van der Waals surface area contributed by atoms with Gasteiger partial charge in [0.2, 0.25) is 11.8 Å². The monoisotopic (exact) mass is 455 g/mol. The van der Waals surface area contributed by atoms with Crippen LogP contribution in [0.5, 0.6) is 0 Å². The molecular formula is C20H15F6N5O. The van der Waals surface area contributed by atoms with Crippen molar-refractivity contribution in [2.24, 2.45) is 0 Å². The SMILES string of the molecule is CNc1ccc(-c2nnc(CN(CC(F)(F)F)c3ccc(C#N)c(C(F)(F)F)c3)o2)cc1. The van der Waals surface area contributed by atoms with Crippen molar-refractivity contribution in [3.8, 4) is 17.5 Å². The summed E-state index contributed by atoms with van der Waals surface area (Å²) in [5.74, 6) is -0.176. The van der Waals surface area contributed by atoms with Crippen LogP contribution in [0.25, 0.3) is 11.5 Å². The maximum atomic E-state index is 13.3. The predicted molar refractivity (Wildman–Crippen MR) is 103 cm³/mol. The summed E-state index contributed by atoms with van der Waals surface area (Å²) in [5.41, 5.74) is -1.10. The molecule has 12 heteroatoms. The molecule has 168 valence electrons. The lowest BCUT2D eigenvalue weighted by Crippen LogP contribution is -2.34. The number of aromatic nitrogens is 2. The topological polar surface area (TPSA) is 78.0 Å². The van der Waals surface area contributed by atoms with Crippen LogP contribution < -0.4 is 10.2 Å². The van der Waals surface area contributed by atoms with Crippen molar-refractivity contribution in [2.45, 2.75) is 18.9 Å². The van der Waals surface area contributed by atoms with E-state index in [1.54, 1.807) is 31.3 Å². The summed E-state index contributed by atoms with van der Waals surface area (Å²) in [6.45, 7) is -2.16. The van der Waals surface area contributed by atoms with Gasteiger partial charge in [-0.25, -0.2) is 0 Å². The standard InChI is InChI=1S/C20H15F6N5O/c1-28-14-5-2-12(3-6-14)18-30-29-17(32-18)10-31(11-19(21,22)23)15-7-4-13(9-27)16(8-15)20(24,25)26/h2-8,28H,10-11H2,1H3. The van der Waals surface area contributed by atoms with E-state index in [1.807, 2.05) is 0 Å². The molecule has 1 heterocycles. The molecule has 3 aromatic rings. The number of hydrogen-bond donors (Lipinski definition) is 1. The molecule has 6 nitrogen and oxygen atoms in total. The Morgan fingerprint density at radius 2 is 1.72 bits per heavy atom. The second-order valence-corrected chi connectivity index (χ2v) is 6.64. The summed E-state index contributed by atoms with van der Waals surface area (Å²) in [6.07, 6.45) is -9.64. The molecule has 0 aliphatic heterocycles. The summed E-state index contributed by atoms with van der Waals surface area (Å²) in [4.78, 5) is 0.623. The Balaban J connectivity index is 1.93. The first-order chi connectivity index (χ1) is 15.0. The Morgan fingerprint density at radius 3 is 2.28 bits per heavy atom. The number of anilines is 2. The second-order valence-electron chi connectivity index (χ2n) is 6.64. The van der Waals surface area contributed by atoms with Gasteiger partial charge in [0.15, 0.2) is 0 Å². The number of rotatable bonds is 6. The fourth-order valence-corrected chi connectivity index (χ4v) is 2.89. The average Bonchev–Trinajstić information content (AvgIpc) is 3.20. The largest absolute Gasteiger partial charge is 0.419 e. The molecule has 32 heavy (non-hydrogen) atoms. The van der Waals surface area contributed by atoms with Crippen molar-refractivity contribution in [3.05, 3.63) is 59.5 Å². The Bertz CT molecular complexity index is 1120. The van der Waals surface area contributed by atoms with E-state index in [2.05, 4.69) is 15.5 Å². The maximum absolute atomic E-state index is 13.3. The highest BCUT2D eigenvalue weighted by molar-refractivity contribution is 5.58. The summed E-state index contributed by atoms with van der Waals surface area (Å²) in [6, 6.07) is 10.5. The number of nitriles is 1. The lowest BCUT2D eigenvalue weighted by molar-refractivity contribution is -0.137. The highest BCUT2D eigenvalue weighted by atomic mass is 19.4. The Kier molecular flexibility index (Phi) is 6.29. The fourth-order valence-electron chi connectivity index (χ4n) is 2.89. The molecule has 0 aliphatic carbocycles. The molecule has 1 N–H and O–H groups in total. The van der Waals surface area contributed by atoms with Crippen LogP contribution in [-0.4, -0.2) is 30.0 Å². The number of hydrogen-bond acceptors (Lipinski definition) is 6. The highest BCUT2D eigenvalue weighted by Crippen LogP contribution is 2.35. The molecule has 1 aromatic heterocycles. The van der Waals surface area contributed by atoms with Crippen LogP contribution in [0.15, 0.2) is 46.9 Å². The minimum absolute atomic E-state index is 0.0467. The van der Waals surface area contributed by atoms with Crippen molar-refractivity contribution in [2.75, 3.05) is 23.8 Å². The minimum atomic E-state index is -4.91. The van der Waals surface area contributed by atoms with Gasteiger partial charge in [-0.1, -0.05) is 0 Å². The zero-order valence-corrected chi connectivity index (χ0v) is 16.4. The third-order valence-electron chi connectivity index (χ3n) is 4.38. The molecule has 0 saturated heterocycles. The van der Waals surface area contributed by atoms with Crippen LogP contribution >= 0.6 is 0 Å². The van der Waals surface area contributed by atoms with Gasteiger partial charge in [0.05, 0.1) is 23.7 Å². The van der Waals surface area contributed by atoms with Crippen molar-refractivity contribution < 1.29 is 30.8 Å². The number of benzene rings is 2. The van der Waals surface area contributed by atoms with Crippen molar-refractivity contribution in [3.63, 3.8) is 0 Å². The molecule has 0 unspecified atom stereocenters. The zero-order chi connectivity index (χ0) is 23.5. The summed E-state index contributed by atoms with van der Waals surface area (Å²) < 4.78 is 84.6. The molecule has 3 rings (SSSR count). The first kappa shape index (κ1) is 22.9. The van der Waals surface area contributed by atoms with E-state index in [4.69, 9.17) is 9.68 Å². The Morgan fingerprint density at radius 1 is 1.03 bits per heavy atom. The van der Waals surface area contributed by atoms with Crippen LogP contribution in [0.1, 0.15) is 17.0 Å². The second kappa shape index (κ2) is 8.78. The molecule has 0 atom stereocenters. The van der Waals surface area contributed by atoms with Crippen LogP contribution in [0.4, 0.5) is 37.7 Å². The van der Waals surface area contributed by atoms with Gasteiger partial charge >= 0.3 is 12.4 Å². The van der Waals surface area contributed by atoms with Gasteiger partial charge in [-0.3, -0.25) is 0 Å². The van der Waals surface area contributed by atoms with E-state index in [9.17, 15) is 26.3 Å². The molecule has 0 amide bonds. The normalized spacial score (nSPS) is 11.8. The van der Waals surface area contributed by atoms with Gasteiger partial charge < -0.3 is 14.6 Å². The van der Waals surface area contributed by atoms with E-state index in [0.29, 0.717) is 16.5 Å². The molecule has 0 fully saturated rings. The molecular weight excluding hydrogens is 440 g/mol. The van der Waals surface area contributed by atoms with E-state index >= 15 is 0 Å². The van der Waals surface area contributed by atoms with Crippen molar-refractivity contribution in [1.29, 1.82) is 5.26 Å². The smallest absolute Gasteiger partial charge is 0.417 e. The van der Waals surface area contributed by atoms with Crippen LogP contribution in [-0.2, 0) is 12.7 Å². The van der Waals surface area contributed by atoms with Crippen molar-refractivity contribution in [1.82, 2.24) is 10.2 Å². The number of nitrogens with zero attached hydrogens (tertiary/aromatic N) is 4. The lowest BCUT2D eigenvalue weighted by Gasteiger charge is -2.25. The average molecular weight is 455 g/mol. The number of nitrogens with one attached hydrogen (secondary N) is 1. The summed E-state index contributed by atoms with van der Waals surface area (Å²) in [5, 5.41) is 19.3. The molecule has 0 bridgehead atoms. The van der Waals surface area contributed by atoms with Crippen LogP contribution in [0.2, 0.25) is 0 Å². The van der Waals surface area contributed by atoms with Crippen molar-refractivity contribution >= 4 is 11.4 Å². The van der Waals surface area contributed by atoms with Gasteiger partial charge in [-0.15, -0.1) is 10.2 Å². The van der Waals surface area contributed by atoms with Gasteiger partial charge in [0.1, 0.15) is 6.54 Å². The predicted octanol–water partition coefficient (Wildman–Crippen LogP) is 5.24. The van der Waals surface area contributed by atoms with E-state index in [-0.39, 0.29) is 11.8 Å². The van der Waals surface area contributed by atoms with Gasteiger partial charge in [-0.05, 0) is 42.5 Å². The van der Waals surface area contributed by atoms with Gasteiger partial charge in [0, 0.05) is 24.0 Å². The first-order valence-electron chi connectivity index (χ1n) is 9.04. The number of alkyl halides is 6. The molecule has 0 radical (unpaired) electrons. The lowest BCUT2D eigenvalue weighted by atomic mass is 10.1. The minimum Gasteiger partial charge on any atom is -0.419 e. The third kappa shape index (κ3) is 5.48. The summed E-state index contributed by atoms with van der Waals surface area (Å²) >= 11 is 0. The van der Waals surface area contributed by atoms with E-state index in [0.717, 1.165) is 17.8 Å². The molecule has 2 aromatic carbocycles. The van der Waals surface area contributed by atoms with Gasteiger partial charge in [-0.2, -0.15) is 31.6 Å². The first-order valence-corrected chi connectivity index (χ1v) is 9.04. The van der Waals surface area contributed by atoms with E-state index < -0.39 is 42.3 Å². The van der Waals surface area contributed by atoms with Gasteiger partial charge in [0.25, 0.3) is 0 Å². The summed E-state index contributed by atoms with van der Waals surface area (Å²) in [7, 11) is 1.72. The Hall–Kier alpha value is -3.75. The third-order valence-corrected chi connectivity index (χ3v) is 4.38. The highest BCUT2D eigenvalue weighted by Gasteiger charge is 2.36. The fraction of sp³-hybridized carbons (Fsp3) is 0.250. The molecule has 0 spiro atoms. The maximum Gasteiger partial charge on any atom is 0.417 e. The van der Waals surface area contributed by atoms with Crippen LogP contribution in [0, 0.1) is 11.3 Å².